The number of aryl methyl sites for hydroxylation is 1. The normalized spacial score (nSPS) is 27.3. The molecule has 98 valence electrons. The molecule has 0 aromatic carbocycles. The minimum absolute atomic E-state index is 0.152. The number of fused-ring (bicyclic) bond motifs is 1. The molecule has 0 spiro atoms. The van der Waals surface area contributed by atoms with Crippen LogP contribution in [0.3, 0.4) is 0 Å². The van der Waals surface area contributed by atoms with Gasteiger partial charge < -0.3 is 10.2 Å². The lowest BCUT2D eigenvalue weighted by molar-refractivity contribution is 0.0574. The van der Waals surface area contributed by atoms with Crippen LogP contribution in [0.1, 0.15) is 28.9 Å². The van der Waals surface area contributed by atoms with Crippen LogP contribution in [0.25, 0.3) is 0 Å². The monoisotopic (exact) mass is 248 g/mol. The second kappa shape index (κ2) is 4.39. The van der Waals surface area contributed by atoms with Gasteiger partial charge in [0.2, 0.25) is 0 Å². The van der Waals surface area contributed by atoms with Gasteiger partial charge in [-0.2, -0.15) is 5.10 Å². The standard InChI is InChI=1S/C13H20N4O/c1-9-11(7-15-16(9)2)13(18)17-5-3-4-10-6-14-8-12(10)17/h7,10,12,14H,3-6,8H2,1-2H3. The maximum Gasteiger partial charge on any atom is 0.257 e. The molecule has 3 heterocycles. The van der Waals surface area contributed by atoms with E-state index in [4.69, 9.17) is 0 Å². The average molecular weight is 248 g/mol. The molecule has 2 atom stereocenters. The Morgan fingerprint density at radius 1 is 1.50 bits per heavy atom. The van der Waals surface area contributed by atoms with E-state index in [2.05, 4.69) is 15.3 Å². The first kappa shape index (κ1) is 11.7. The molecule has 0 saturated carbocycles. The van der Waals surface area contributed by atoms with Gasteiger partial charge in [-0.05, 0) is 25.7 Å². The van der Waals surface area contributed by atoms with Crippen LogP contribution < -0.4 is 5.32 Å². The second-order valence-electron chi connectivity index (χ2n) is 5.39. The van der Waals surface area contributed by atoms with Crippen LogP contribution >= 0.6 is 0 Å². The molecule has 2 fully saturated rings. The fraction of sp³-hybridized carbons (Fsp3) is 0.692. The fourth-order valence-electron chi connectivity index (χ4n) is 3.18. The van der Waals surface area contributed by atoms with Gasteiger partial charge >= 0.3 is 0 Å². The highest BCUT2D eigenvalue weighted by Crippen LogP contribution is 2.28. The van der Waals surface area contributed by atoms with Gasteiger partial charge in [0.1, 0.15) is 0 Å². The molecule has 0 aliphatic carbocycles. The summed E-state index contributed by atoms with van der Waals surface area (Å²) in [5.41, 5.74) is 1.71. The minimum Gasteiger partial charge on any atom is -0.334 e. The van der Waals surface area contributed by atoms with Crippen molar-refractivity contribution in [3.05, 3.63) is 17.5 Å². The Bertz CT molecular complexity index is 468. The number of carbonyl (C=O) groups is 1. The van der Waals surface area contributed by atoms with Crippen molar-refractivity contribution in [1.82, 2.24) is 20.0 Å². The van der Waals surface area contributed by atoms with Gasteiger partial charge in [-0.1, -0.05) is 0 Å². The largest absolute Gasteiger partial charge is 0.334 e. The second-order valence-corrected chi connectivity index (χ2v) is 5.39. The number of aromatic nitrogens is 2. The summed E-state index contributed by atoms with van der Waals surface area (Å²) in [6.45, 7) is 4.83. The highest BCUT2D eigenvalue weighted by molar-refractivity contribution is 5.95. The molecule has 0 bridgehead atoms. The summed E-state index contributed by atoms with van der Waals surface area (Å²) in [5, 5.41) is 7.58. The van der Waals surface area contributed by atoms with E-state index in [1.807, 2.05) is 14.0 Å². The zero-order valence-electron chi connectivity index (χ0n) is 11.0. The molecule has 2 unspecified atom stereocenters. The molecule has 2 saturated heterocycles. The van der Waals surface area contributed by atoms with Gasteiger partial charge in [0.25, 0.3) is 5.91 Å². The quantitative estimate of drug-likeness (QED) is 0.789. The molecule has 5 heteroatoms. The summed E-state index contributed by atoms with van der Waals surface area (Å²) in [6.07, 6.45) is 4.06. The maximum absolute atomic E-state index is 12.6. The summed E-state index contributed by atoms with van der Waals surface area (Å²) in [4.78, 5) is 14.7. The Labute approximate surface area is 107 Å². The van der Waals surface area contributed by atoms with Crippen LogP contribution in [-0.4, -0.2) is 46.3 Å². The summed E-state index contributed by atoms with van der Waals surface area (Å²) in [5.74, 6) is 0.790. The van der Waals surface area contributed by atoms with Crippen molar-refractivity contribution in [3.63, 3.8) is 0 Å². The number of hydrogen-bond donors (Lipinski definition) is 1. The van der Waals surface area contributed by atoms with Crippen LogP contribution in [0.15, 0.2) is 6.20 Å². The summed E-state index contributed by atoms with van der Waals surface area (Å²) < 4.78 is 1.77. The first-order valence-electron chi connectivity index (χ1n) is 6.69. The SMILES string of the molecule is Cc1c(C(=O)N2CCCC3CNCC32)cnn1C. The Morgan fingerprint density at radius 2 is 2.33 bits per heavy atom. The van der Waals surface area contributed by atoms with Gasteiger partial charge in [0.15, 0.2) is 0 Å². The number of nitrogens with zero attached hydrogens (tertiary/aromatic N) is 3. The van der Waals surface area contributed by atoms with E-state index in [1.165, 1.54) is 6.42 Å². The predicted molar refractivity (Wildman–Crippen MR) is 68.4 cm³/mol. The number of likely N-dealkylation sites (tertiary alicyclic amines) is 1. The fourth-order valence-corrected chi connectivity index (χ4v) is 3.18. The maximum atomic E-state index is 12.6. The van der Waals surface area contributed by atoms with Crippen LogP contribution in [0, 0.1) is 12.8 Å². The van der Waals surface area contributed by atoms with E-state index in [1.54, 1.807) is 10.9 Å². The molecule has 1 aromatic rings. The third-order valence-electron chi connectivity index (χ3n) is 4.40. The van der Waals surface area contributed by atoms with Crippen molar-refractivity contribution in [2.75, 3.05) is 19.6 Å². The Balaban J connectivity index is 1.85. The summed E-state index contributed by atoms with van der Waals surface area (Å²) >= 11 is 0. The minimum atomic E-state index is 0.152. The number of hydrogen-bond acceptors (Lipinski definition) is 3. The van der Waals surface area contributed by atoms with Gasteiger partial charge in [0, 0.05) is 38.4 Å². The van der Waals surface area contributed by atoms with E-state index < -0.39 is 0 Å². The smallest absolute Gasteiger partial charge is 0.257 e. The molecule has 2 aliphatic rings. The highest BCUT2D eigenvalue weighted by Gasteiger charge is 2.38. The summed E-state index contributed by atoms with van der Waals surface area (Å²) in [6, 6.07) is 0.380. The molecule has 2 aliphatic heterocycles. The van der Waals surface area contributed by atoms with Gasteiger partial charge in [-0.25, -0.2) is 0 Å². The van der Waals surface area contributed by atoms with Crippen molar-refractivity contribution in [3.8, 4) is 0 Å². The van der Waals surface area contributed by atoms with Crippen molar-refractivity contribution < 1.29 is 4.79 Å². The molecule has 18 heavy (non-hydrogen) atoms. The number of nitrogens with one attached hydrogen (secondary N) is 1. The zero-order chi connectivity index (χ0) is 12.7. The summed E-state index contributed by atoms with van der Waals surface area (Å²) in [7, 11) is 1.88. The molecular formula is C13H20N4O. The lowest BCUT2D eigenvalue weighted by Crippen LogP contribution is -2.48. The van der Waals surface area contributed by atoms with E-state index in [0.29, 0.717) is 12.0 Å². The molecule has 0 radical (unpaired) electrons. The number of carbonyl (C=O) groups excluding carboxylic acids is 1. The average Bonchev–Trinajstić information content (AvgIpc) is 2.96. The van der Waals surface area contributed by atoms with E-state index in [0.717, 1.165) is 37.3 Å². The van der Waals surface area contributed by atoms with Gasteiger partial charge in [-0.15, -0.1) is 0 Å². The first-order valence-corrected chi connectivity index (χ1v) is 6.69. The predicted octanol–water partition coefficient (Wildman–Crippen LogP) is 0.553. The molecule has 1 N–H and O–H groups in total. The zero-order valence-corrected chi connectivity index (χ0v) is 11.0. The first-order chi connectivity index (χ1) is 8.68. The lowest BCUT2D eigenvalue weighted by atomic mass is 9.91. The van der Waals surface area contributed by atoms with Gasteiger partial charge in [-0.3, -0.25) is 9.48 Å². The molecule has 5 nitrogen and oxygen atoms in total. The third-order valence-corrected chi connectivity index (χ3v) is 4.40. The van der Waals surface area contributed by atoms with Crippen molar-refractivity contribution in [1.29, 1.82) is 0 Å². The van der Waals surface area contributed by atoms with Crippen molar-refractivity contribution >= 4 is 5.91 Å². The Morgan fingerprint density at radius 3 is 3.06 bits per heavy atom. The van der Waals surface area contributed by atoms with E-state index in [-0.39, 0.29) is 5.91 Å². The van der Waals surface area contributed by atoms with E-state index in [9.17, 15) is 4.79 Å². The molecule has 3 rings (SSSR count). The van der Waals surface area contributed by atoms with Crippen LogP contribution in [0.2, 0.25) is 0 Å². The molecule has 1 aromatic heterocycles. The number of amides is 1. The Hall–Kier alpha value is -1.36. The van der Waals surface area contributed by atoms with Crippen molar-refractivity contribution in [2.24, 2.45) is 13.0 Å². The molecule has 1 amide bonds. The molecular weight excluding hydrogens is 228 g/mol. The van der Waals surface area contributed by atoms with Crippen LogP contribution in [0.5, 0.6) is 0 Å². The van der Waals surface area contributed by atoms with E-state index >= 15 is 0 Å². The lowest BCUT2D eigenvalue weighted by Gasteiger charge is -2.37. The number of rotatable bonds is 1. The number of piperidine rings is 1. The van der Waals surface area contributed by atoms with Gasteiger partial charge in [0.05, 0.1) is 11.8 Å². The van der Waals surface area contributed by atoms with Crippen molar-refractivity contribution in [2.45, 2.75) is 25.8 Å². The highest BCUT2D eigenvalue weighted by atomic mass is 16.2. The third kappa shape index (κ3) is 1.73. The van der Waals surface area contributed by atoms with Crippen LogP contribution in [-0.2, 0) is 7.05 Å². The topological polar surface area (TPSA) is 50.2 Å². The Kier molecular flexibility index (Phi) is 2.86. The van der Waals surface area contributed by atoms with Crippen LogP contribution in [0.4, 0.5) is 0 Å².